The molecule has 1 atom stereocenters. The number of carboxylic acid groups (broad SMARTS) is 2. The first kappa shape index (κ1) is 12.5. The summed E-state index contributed by atoms with van der Waals surface area (Å²) in [7, 11) is 0. The van der Waals surface area contributed by atoms with E-state index in [-0.39, 0.29) is 16.1 Å². The van der Waals surface area contributed by atoms with Crippen molar-refractivity contribution in [2.45, 2.75) is 12.5 Å². The van der Waals surface area contributed by atoms with Gasteiger partial charge in [-0.05, 0) is 24.6 Å². The molecule has 0 aliphatic carbocycles. The van der Waals surface area contributed by atoms with E-state index in [1.165, 1.54) is 25.1 Å². The van der Waals surface area contributed by atoms with Gasteiger partial charge >= 0.3 is 11.9 Å². The first-order valence-electron chi connectivity index (χ1n) is 4.32. The maximum atomic E-state index is 10.9. The van der Waals surface area contributed by atoms with E-state index < -0.39 is 17.5 Å². The molecule has 0 aliphatic rings. The lowest BCUT2D eigenvalue weighted by Gasteiger charge is -2.20. The summed E-state index contributed by atoms with van der Waals surface area (Å²) in [5.74, 6) is -2.39. The lowest BCUT2D eigenvalue weighted by Crippen LogP contribution is -2.41. The molecule has 1 aromatic carbocycles. The Hall–Kier alpha value is -1.59. The molecule has 5 nitrogen and oxygen atoms in total. The predicted octanol–water partition coefficient (Wildman–Crippen LogP) is 1.30. The minimum atomic E-state index is -1.60. The second kappa shape index (κ2) is 4.11. The van der Waals surface area contributed by atoms with Gasteiger partial charge in [-0.25, -0.2) is 9.59 Å². The third-order valence-electron chi connectivity index (χ3n) is 2.24. The zero-order chi connectivity index (χ0) is 12.5. The predicted molar refractivity (Wildman–Crippen MR) is 57.6 cm³/mol. The monoisotopic (exact) mass is 243 g/mol. The molecule has 86 valence electrons. The number of benzene rings is 1. The summed E-state index contributed by atoms with van der Waals surface area (Å²) >= 11 is 5.71. The van der Waals surface area contributed by atoms with Crippen LogP contribution in [0.2, 0.25) is 5.02 Å². The fourth-order valence-electron chi connectivity index (χ4n) is 1.14. The first-order valence-corrected chi connectivity index (χ1v) is 4.70. The topological polar surface area (TPSA) is 101 Å². The number of hydrogen-bond donors (Lipinski definition) is 3. The van der Waals surface area contributed by atoms with Gasteiger partial charge in [0.2, 0.25) is 0 Å². The van der Waals surface area contributed by atoms with Gasteiger partial charge in [-0.2, -0.15) is 0 Å². The van der Waals surface area contributed by atoms with Crippen LogP contribution in [0.3, 0.4) is 0 Å². The summed E-state index contributed by atoms with van der Waals surface area (Å²) in [6.45, 7) is 1.31. The average molecular weight is 244 g/mol. The van der Waals surface area contributed by atoms with Crippen molar-refractivity contribution in [3.05, 3.63) is 34.3 Å². The fraction of sp³-hybridized carbons (Fsp3) is 0.200. The van der Waals surface area contributed by atoms with E-state index in [0.29, 0.717) is 0 Å². The normalized spacial score (nSPS) is 14.2. The van der Waals surface area contributed by atoms with Gasteiger partial charge in [0.25, 0.3) is 0 Å². The van der Waals surface area contributed by atoms with Gasteiger partial charge < -0.3 is 15.9 Å². The number of halogens is 1. The van der Waals surface area contributed by atoms with Crippen LogP contribution in [0.1, 0.15) is 22.8 Å². The molecule has 0 aromatic heterocycles. The summed E-state index contributed by atoms with van der Waals surface area (Å²) in [6.07, 6.45) is 0. The number of nitrogens with two attached hydrogens (primary N) is 1. The van der Waals surface area contributed by atoms with Crippen molar-refractivity contribution in [2.24, 2.45) is 5.73 Å². The van der Waals surface area contributed by atoms with E-state index in [2.05, 4.69) is 0 Å². The van der Waals surface area contributed by atoms with E-state index in [1.54, 1.807) is 0 Å². The molecule has 0 radical (unpaired) electrons. The smallest absolute Gasteiger partial charge is 0.337 e. The van der Waals surface area contributed by atoms with Crippen LogP contribution in [-0.2, 0) is 10.3 Å². The second-order valence-corrected chi connectivity index (χ2v) is 3.91. The van der Waals surface area contributed by atoms with Gasteiger partial charge in [-0.15, -0.1) is 0 Å². The third-order valence-corrected chi connectivity index (χ3v) is 2.56. The van der Waals surface area contributed by atoms with Crippen LogP contribution in [0.15, 0.2) is 18.2 Å². The lowest BCUT2D eigenvalue weighted by molar-refractivity contribution is -0.143. The van der Waals surface area contributed by atoms with Crippen LogP contribution in [0.4, 0.5) is 0 Å². The summed E-state index contributed by atoms with van der Waals surface area (Å²) < 4.78 is 0. The molecule has 0 fully saturated rings. The van der Waals surface area contributed by atoms with Gasteiger partial charge in [-0.3, -0.25) is 0 Å². The highest BCUT2D eigenvalue weighted by Crippen LogP contribution is 2.24. The molecule has 0 bridgehead atoms. The van der Waals surface area contributed by atoms with Crippen molar-refractivity contribution in [3.8, 4) is 0 Å². The molecule has 0 heterocycles. The molecule has 0 spiro atoms. The fourth-order valence-corrected chi connectivity index (χ4v) is 1.40. The summed E-state index contributed by atoms with van der Waals surface area (Å²) in [4.78, 5) is 21.6. The van der Waals surface area contributed by atoms with Gasteiger partial charge in [0.05, 0.1) is 10.6 Å². The Labute approximate surface area is 96.4 Å². The molecule has 0 saturated carbocycles. The number of hydrogen-bond acceptors (Lipinski definition) is 3. The molecular formula is C10H10ClNO4. The van der Waals surface area contributed by atoms with Gasteiger partial charge in [0, 0.05) is 0 Å². The van der Waals surface area contributed by atoms with Crippen LogP contribution < -0.4 is 5.73 Å². The Morgan fingerprint density at radius 3 is 2.31 bits per heavy atom. The Morgan fingerprint density at radius 1 is 1.38 bits per heavy atom. The average Bonchev–Trinajstić information content (AvgIpc) is 2.16. The quantitative estimate of drug-likeness (QED) is 0.743. The molecule has 1 rings (SSSR count). The van der Waals surface area contributed by atoms with Gasteiger partial charge in [0.15, 0.2) is 0 Å². The van der Waals surface area contributed by atoms with Gasteiger partial charge in [-0.1, -0.05) is 17.7 Å². The molecule has 0 saturated heterocycles. The van der Waals surface area contributed by atoms with Crippen molar-refractivity contribution in [1.82, 2.24) is 0 Å². The maximum absolute atomic E-state index is 10.9. The SMILES string of the molecule is C[C@](N)(C(=O)O)c1ccc(C(=O)O)c(Cl)c1. The molecule has 1 aromatic rings. The Kier molecular flexibility index (Phi) is 3.21. The largest absolute Gasteiger partial charge is 0.480 e. The maximum Gasteiger partial charge on any atom is 0.337 e. The van der Waals surface area contributed by atoms with Crippen LogP contribution in [0, 0.1) is 0 Å². The van der Waals surface area contributed by atoms with Crippen LogP contribution in [0.5, 0.6) is 0 Å². The van der Waals surface area contributed by atoms with E-state index >= 15 is 0 Å². The highest BCUT2D eigenvalue weighted by Gasteiger charge is 2.30. The minimum absolute atomic E-state index is 0.0390. The van der Waals surface area contributed by atoms with E-state index in [9.17, 15) is 9.59 Å². The molecule has 0 amide bonds. The van der Waals surface area contributed by atoms with Crippen molar-refractivity contribution < 1.29 is 19.8 Å². The number of carboxylic acids is 2. The highest BCUT2D eigenvalue weighted by molar-refractivity contribution is 6.33. The molecule has 4 N–H and O–H groups in total. The molecular weight excluding hydrogens is 234 g/mol. The van der Waals surface area contributed by atoms with E-state index in [4.69, 9.17) is 27.5 Å². The van der Waals surface area contributed by atoms with Gasteiger partial charge in [0.1, 0.15) is 5.54 Å². The van der Waals surface area contributed by atoms with Crippen LogP contribution in [-0.4, -0.2) is 22.2 Å². The lowest BCUT2D eigenvalue weighted by atomic mass is 9.92. The molecule has 0 aliphatic heterocycles. The molecule has 16 heavy (non-hydrogen) atoms. The van der Waals surface area contributed by atoms with E-state index in [1.807, 2.05) is 0 Å². The van der Waals surface area contributed by atoms with Crippen LogP contribution in [0.25, 0.3) is 0 Å². The number of aliphatic carboxylic acids is 1. The Balaban J connectivity index is 3.26. The summed E-state index contributed by atoms with van der Waals surface area (Å²) in [5.41, 5.74) is 4.13. The van der Waals surface area contributed by atoms with Crippen molar-refractivity contribution in [1.29, 1.82) is 0 Å². The van der Waals surface area contributed by atoms with Crippen molar-refractivity contribution >= 4 is 23.5 Å². The zero-order valence-electron chi connectivity index (χ0n) is 8.40. The molecule has 6 heteroatoms. The minimum Gasteiger partial charge on any atom is -0.480 e. The first-order chi connectivity index (χ1) is 7.26. The van der Waals surface area contributed by atoms with Crippen molar-refractivity contribution in [2.75, 3.05) is 0 Å². The van der Waals surface area contributed by atoms with E-state index in [0.717, 1.165) is 0 Å². The zero-order valence-corrected chi connectivity index (χ0v) is 9.15. The number of aromatic carboxylic acids is 1. The second-order valence-electron chi connectivity index (χ2n) is 3.51. The standard InChI is InChI=1S/C10H10ClNO4/c1-10(12,9(15)16)5-2-3-6(8(13)14)7(11)4-5/h2-4H,12H2,1H3,(H,13,14)(H,15,16)/t10-/m1/s1. The summed E-state index contributed by atoms with van der Waals surface area (Å²) in [5, 5.41) is 17.6. The highest BCUT2D eigenvalue weighted by atomic mass is 35.5. The summed E-state index contributed by atoms with van der Waals surface area (Å²) in [6, 6.07) is 3.82. The van der Waals surface area contributed by atoms with Crippen molar-refractivity contribution in [3.63, 3.8) is 0 Å². The number of carbonyl (C=O) groups is 2. The third kappa shape index (κ3) is 2.15. The Bertz CT molecular complexity index is 456. The molecule has 0 unspecified atom stereocenters. The Morgan fingerprint density at radius 2 is 1.94 bits per heavy atom. The number of rotatable bonds is 3. The van der Waals surface area contributed by atoms with Crippen LogP contribution >= 0.6 is 11.6 Å².